The molecule has 1 unspecified atom stereocenters. The van der Waals surface area contributed by atoms with Gasteiger partial charge in [-0.25, -0.2) is 12.6 Å². The molecule has 0 aliphatic heterocycles. The number of benzene rings is 3. The number of aryl methyl sites for hydroxylation is 1. The predicted molar refractivity (Wildman–Crippen MR) is 174 cm³/mol. The number of alkyl halides is 3. The van der Waals surface area contributed by atoms with Gasteiger partial charge in [-0.3, -0.25) is 0 Å². The molecule has 0 aromatic heterocycles. The zero-order chi connectivity index (χ0) is 35.1. The standard InChI is InChI=1S/C34H21F3N4O4S3/c1-18-5-7-19(8-6-18)29-26(33(40-2)41-3)14-24-27(17-47(42)43)30-25(32(31(24)29)48(4,44)45)13-23(21(15-38)16-39)28(30)20-9-11-22(12-10-20)46-34(35,36)37/h5-12H,13-14,17H2,1,4H3,(H,42,43). The minimum atomic E-state index is -4.57. The van der Waals surface area contributed by atoms with Crippen LogP contribution in [0.3, 0.4) is 0 Å². The first-order valence-electron chi connectivity index (χ1n) is 13.8. The molecule has 14 heteroatoms. The Morgan fingerprint density at radius 3 is 1.94 bits per heavy atom. The lowest BCUT2D eigenvalue weighted by Crippen LogP contribution is -2.31. The Hall–Kier alpha value is -4.96. The largest absolute Gasteiger partial charge is 0.523 e. The molecule has 240 valence electrons. The number of fused-ring (bicyclic) bond motifs is 2. The van der Waals surface area contributed by atoms with Crippen LogP contribution in [0.1, 0.15) is 33.4 Å². The third kappa shape index (κ3) is 6.32. The van der Waals surface area contributed by atoms with Gasteiger partial charge in [0.05, 0.1) is 16.2 Å². The van der Waals surface area contributed by atoms with Gasteiger partial charge in [0.15, 0.2) is 20.9 Å². The van der Waals surface area contributed by atoms with E-state index in [-0.39, 0.29) is 95.2 Å². The van der Waals surface area contributed by atoms with Crippen LogP contribution < -0.4 is 10.4 Å². The Morgan fingerprint density at radius 2 is 1.46 bits per heavy atom. The fraction of sp³-hybridized carbons (Fsp3) is 0.176. The first kappa shape index (κ1) is 34.4. The average molecular weight is 703 g/mol. The van der Waals surface area contributed by atoms with Crippen molar-refractivity contribution in [2.24, 2.45) is 0 Å². The van der Waals surface area contributed by atoms with Gasteiger partial charge in [-0.2, -0.15) is 33.4 Å². The van der Waals surface area contributed by atoms with Crippen molar-refractivity contribution in [2.45, 2.75) is 40.8 Å². The van der Waals surface area contributed by atoms with Gasteiger partial charge in [-0.1, -0.05) is 42.0 Å². The summed E-state index contributed by atoms with van der Waals surface area (Å²) in [6, 6.07) is 15.8. The predicted octanol–water partition coefficient (Wildman–Crippen LogP) is 5.64. The summed E-state index contributed by atoms with van der Waals surface area (Å²) in [7, 11) is -4.17. The van der Waals surface area contributed by atoms with Crippen LogP contribution in [0.25, 0.3) is 20.8 Å². The average Bonchev–Trinajstić information content (AvgIpc) is 3.57. The molecule has 8 nitrogen and oxygen atoms in total. The smallest absolute Gasteiger partial charge is 0.306 e. The Kier molecular flexibility index (Phi) is 9.25. The Balaban J connectivity index is 2.09. The van der Waals surface area contributed by atoms with E-state index in [1.165, 1.54) is 24.3 Å². The van der Waals surface area contributed by atoms with Gasteiger partial charge in [0.2, 0.25) is 0 Å². The number of thioether (sulfide) groups is 1. The molecule has 0 heterocycles. The van der Waals surface area contributed by atoms with E-state index in [0.29, 0.717) is 11.1 Å². The van der Waals surface area contributed by atoms with E-state index in [1.54, 1.807) is 24.3 Å². The molecule has 3 aromatic rings. The molecule has 5 rings (SSSR count). The molecule has 1 N–H and O–H groups in total. The number of sulfone groups is 1. The minimum absolute atomic E-state index is 0.112. The van der Waals surface area contributed by atoms with Crippen molar-refractivity contribution in [3.63, 3.8) is 0 Å². The number of allylic oxidation sites excluding steroid dienone is 3. The van der Waals surface area contributed by atoms with E-state index in [0.717, 1.165) is 11.8 Å². The number of hydrogen-bond donors (Lipinski definition) is 1. The van der Waals surface area contributed by atoms with Crippen LogP contribution in [0.4, 0.5) is 13.2 Å². The molecule has 48 heavy (non-hydrogen) atoms. The molecule has 2 aliphatic rings. The summed E-state index contributed by atoms with van der Waals surface area (Å²) in [5.74, 6) is -0.835. The first-order chi connectivity index (χ1) is 22.6. The lowest BCUT2D eigenvalue weighted by Gasteiger charge is -2.15. The molecule has 0 saturated carbocycles. The van der Waals surface area contributed by atoms with E-state index in [9.17, 15) is 40.9 Å². The van der Waals surface area contributed by atoms with Crippen LogP contribution in [-0.4, -0.2) is 28.9 Å². The Morgan fingerprint density at radius 1 is 0.938 bits per heavy atom. The maximum Gasteiger partial charge on any atom is 0.523 e. The minimum Gasteiger partial charge on any atom is -0.306 e. The number of nitrogens with zero attached hydrogens (tertiary/aromatic N) is 4. The molecule has 0 amide bonds. The summed E-state index contributed by atoms with van der Waals surface area (Å²) in [5, 5.41) is 20.2. The van der Waals surface area contributed by atoms with Crippen LogP contribution in [0.15, 0.2) is 80.9 Å². The highest BCUT2D eigenvalue weighted by molar-refractivity contribution is 8.00. The second-order valence-electron chi connectivity index (χ2n) is 10.9. The maximum atomic E-state index is 13.8. The number of rotatable bonds is 6. The quantitative estimate of drug-likeness (QED) is 0.153. The van der Waals surface area contributed by atoms with Crippen LogP contribution in [0.2, 0.25) is 0 Å². The van der Waals surface area contributed by atoms with Crippen LogP contribution >= 0.6 is 11.8 Å². The Labute approximate surface area is 280 Å². The zero-order valence-corrected chi connectivity index (χ0v) is 27.5. The lowest BCUT2D eigenvalue weighted by molar-refractivity contribution is -0.0328. The van der Waals surface area contributed by atoms with Gasteiger partial charge >= 0.3 is 11.3 Å². The van der Waals surface area contributed by atoms with Gasteiger partial charge in [0.25, 0.3) is 0 Å². The van der Waals surface area contributed by atoms with Crippen molar-refractivity contribution in [3.05, 3.63) is 138 Å². The van der Waals surface area contributed by atoms with Gasteiger partial charge in [-0.05, 0) is 87.0 Å². The number of hydrogen-bond acceptors (Lipinski definition) is 6. The highest BCUT2D eigenvalue weighted by atomic mass is 32.2. The van der Waals surface area contributed by atoms with Crippen molar-refractivity contribution in [3.8, 4) is 12.1 Å². The summed E-state index contributed by atoms with van der Waals surface area (Å²) in [5.41, 5.74) is -1.84. The van der Waals surface area contributed by atoms with Crippen molar-refractivity contribution >= 4 is 43.8 Å². The molecule has 1 atom stereocenters. The van der Waals surface area contributed by atoms with Crippen molar-refractivity contribution in [2.75, 3.05) is 6.26 Å². The number of nitriles is 2. The highest BCUT2D eigenvalue weighted by Gasteiger charge is 2.38. The molecule has 2 aliphatic carbocycles. The van der Waals surface area contributed by atoms with Crippen molar-refractivity contribution < 1.29 is 30.4 Å². The summed E-state index contributed by atoms with van der Waals surface area (Å²) >= 11 is -2.85. The van der Waals surface area contributed by atoms with Gasteiger partial charge in [-0.15, -0.1) is 0 Å². The fourth-order valence-electron chi connectivity index (χ4n) is 6.24. The molecule has 0 radical (unpaired) electrons. The topological polar surface area (TPSA) is 128 Å². The molecule has 0 fully saturated rings. The molecular weight excluding hydrogens is 682 g/mol. The molecule has 0 saturated heterocycles. The molecule has 0 spiro atoms. The van der Waals surface area contributed by atoms with Gasteiger partial charge in [0.1, 0.15) is 30.9 Å². The van der Waals surface area contributed by atoms with E-state index in [1.807, 2.05) is 19.1 Å². The van der Waals surface area contributed by atoms with Gasteiger partial charge < -0.3 is 4.55 Å². The molecular formula is C34H21F3N4O4S3. The van der Waals surface area contributed by atoms with Crippen molar-refractivity contribution in [1.82, 2.24) is 0 Å². The fourth-order valence-corrected chi connectivity index (χ4v) is 8.57. The normalized spacial score (nSPS) is 14.4. The maximum absolute atomic E-state index is 13.8. The van der Waals surface area contributed by atoms with E-state index in [4.69, 9.17) is 13.1 Å². The summed E-state index contributed by atoms with van der Waals surface area (Å²) < 4.78 is 89.8. The third-order valence-electron chi connectivity index (χ3n) is 7.94. The van der Waals surface area contributed by atoms with Crippen LogP contribution in [0, 0.1) is 42.7 Å². The van der Waals surface area contributed by atoms with E-state index in [2.05, 4.69) is 9.69 Å². The van der Waals surface area contributed by atoms with E-state index >= 15 is 0 Å². The molecule has 3 aromatic carbocycles. The second kappa shape index (κ2) is 12.9. The Bertz CT molecular complexity index is 2390. The van der Waals surface area contributed by atoms with Crippen LogP contribution in [-0.2, 0) is 39.5 Å². The van der Waals surface area contributed by atoms with E-state index < -0.39 is 32.2 Å². The summed E-state index contributed by atoms with van der Waals surface area (Å²) in [6.45, 7) is 17.3. The van der Waals surface area contributed by atoms with Crippen molar-refractivity contribution in [1.29, 1.82) is 10.5 Å². The number of halogens is 3. The summed E-state index contributed by atoms with van der Waals surface area (Å²) in [6.07, 6.45) is 0.573. The monoisotopic (exact) mass is 702 g/mol. The highest BCUT2D eigenvalue weighted by Crippen LogP contribution is 2.41. The zero-order valence-electron chi connectivity index (χ0n) is 25.1. The van der Waals surface area contributed by atoms with Gasteiger partial charge in [0, 0.05) is 22.8 Å². The summed E-state index contributed by atoms with van der Waals surface area (Å²) in [4.78, 5) is 6.49. The second-order valence-corrected chi connectivity index (χ2v) is 14.9. The first-order valence-corrected chi connectivity index (χ1v) is 17.8. The van der Waals surface area contributed by atoms with Crippen LogP contribution in [0.5, 0.6) is 0 Å². The lowest BCUT2D eigenvalue weighted by atomic mass is 9.94. The molecule has 0 bridgehead atoms. The SMILES string of the molecule is [C-]#[N+]C([N+]#[C-])=C1Cc2c(CS(=O)O)c3c(c(S(C)(=O)=O)c2=C1c1ccc(C)cc1)CC(=C(C#N)C#N)C=3c1ccc(SC(F)(F)F)cc1. The third-order valence-corrected chi connectivity index (χ3v) is 10.4.